The fourth-order valence-corrected chi connectivity index (χ4v) is 2.96. The van der Waals surface area contributed by atoms with E-state index in [0.29, 0.717) is 17.7 Å². The molecule has 0 spiro atoms. The number of aryl methyl sites for hydroxylation is 2. The van der Waals surface area contributed by atoms with Crippen molar-refractivity contribution in [3.63, 3.8) is 0 Å². The van der Waals surface area contributed by atoms with Gasteiger partial charge in [0, 0.05) is 18.2 Å². The Bertz CT molecular complexity index is 435. The van der Waals surface area contributed by atoms with Gasteiger partial charge in [0.25, 0.3) is 0 Å². The monoisotopic (exact) mass is 268 g/mol. The molecule has 5 heteroatoms. The summed E-state index contributed by atoms with van der Waals surface area (Å²) in [5.41, 5.74) is 2.17. The molecule has 18 heavy (non-hydrogen) atoms. The number of hydrogen-bond acceptors (Lipinski definition) is 3. The van der Waals surface area contributed by atoms with Crippen molar-refractivity contribution in [3.05, 3.63) is 34.6 Å². The van der Waals surface area contributed by atoms with Gasteiger partial charge >= 0.3 is 0 Å². The van der Waals surface area contributed by atoms with E-state index in [4.69, 9.17) is 0 Å². The fraction of sp³-hybridized carbons (Fsp3) is 0.462. The molecular weight excluding hydrogens is 251 g/mol. The molecule has 0 saturated carbocycles. The summed E-state index contributed by atoms with van der Waals surface area (Å²) >= 11 is 1.72. The van der Waals surface area contributed by atoms with Crippen LogP contribution in [0.3, 0.4) is 0 Å². The van der Waals surface area contributed by atoms with Crippen LogP contribution >= 0.6 is 11.8 Å². The first kappa shape index (κ1) is 13.4. The highest BCUT2D eigenvalue weighted by atomic mass is 32.2. The molecule has 1 unspecified atom stereocenters. The maximum Gasteiger partial charge on any atom is 0.238 e. The lowest BCUT2D eigenvalue weighted by Gasteiger charge is -2.12. The average molecular weight is 268 g/mol. The van der Waals surface area contributed by atoms with E-state index < -0.39 is 0 Å². The summed E-state index contributed by atoms with van der Waals surface area (Å²) in [6.45, 7) is 3.93. The third-order valence-electron chi connectivity index (χ3n) is 3.00. The van der Waals surface area contributed by atoms with Gasteiger partial charge in [-0.1, -0.05) is 12.1 Å². The lowest BCUT2D eigenvalue weighted by molar-refractivity contribution is -0.122. The molecule has 1 aliphatic heterocycles. The Hall–Kier alpha value is -1.07. The van der Waals surface area contributed by atoms with Crippen molar-refractivity contribution in [3.8, 4) is 0 Å². The van der Waals surface area contributed by atoms with Crippen molar-refractivity contribution >= 4 is 17.7 Å². The van der Waals surface area contributed by atoms with Crippen molar-refractivity contribution < 1.29 is 9.18 Å². The summed E-state index contributed by atoms with van der Waals surface area (Å²) in [5.74, 6) is 1.48. The highest BCUT2D eigenvalue weighted by Crippen LogP contribution is 2.15. The minimum atomic E-state index is -0.168. The zero-order chi connectivity index (χ0) is 13.1. The van der Waals surface area contributed by atoms with Crippen LogP contribution in [0, 0.1) is 19.7 Å². The maximum atomic E-state index is 13.5. The molecule has 2 N–H and O–H groups in total. The second kappa shape index (κ2) is 5.71. The quantitative estimate of drug-likeness (QED) is 0.877. The lowest BCUT2D eigenvalue weighted by Crippen LogP contribution is -2.41. The Morgan fingerprint density at radius 3 is 2.72 bits per heavy atom. The summed E-state index contributed by atoms with van der Waals surface area (Å²) in [5, 5.41) is 5.99. The normalized spacial score (nSPS) is 18.9. The summed E-state index contributed by atoms with van der Waals surface area (Å²) < 4.78 is 13.5. The number of hydrogen-bond donors (Lipinski definition) is 2. The van der Waals surface area contributed by atoms with Crippen LogP contribution < -0.4 is 10.6 Å². The van der Waals surface area contributed by atoms with Crippen LogP contribution in [0.1, 0.15) is 16.7 Å². The van der Waals surface area contributed by atoms with Crippen LogP contribution in [0.4, 0.5) is 4.39 Å². The van der Waals surface area contributed by atoms with Crippen molar-refractivity contribution in [2.24, 2.45) is 0 Å². The Kier molecular flexibility index (Phi) is 4.24. The number of amides is 1. The number of benzene rings is 1. The Balaban J connectivity index is 1.95. The van der Waals surface area contributed by atoms with Crippen LogP contribution in [0.15, 0.2) is 12.1 Å². The highest BCUT2D eigenvalue weighted by molar-refractivity contribution is 7.99. The predicted octanol–water partition coefficient (Wildman–Crippen LogP) is 1.72. The third kappa shape index (κ3) is 3.03. The molecule has 1 saturated heterocycles. The first-order chi connectivity index (χ1) is 8.58. The minimum Gasteiger partial charge on any atom is -0.351 e. The van der Waals surface area contributed by atoms with Gasteiger partial charge in [-0.15, -0.1) is 11.8 Å². The summed E-state index contributed by atoms with van der Waals surface area (Å²) in [4.78, 5) is 11.8. The minimum absolute atomic E-state index is 0.0135. The summed E-state index contributed by atoms with van der Waals surface area (Å²) in [6, 6.07) is 3.46. The first-order valence-electron chi connectivity index (χ1n) is 5.92. The fourth-order valence-electron chi connectivity index (χ4n) is 2.01. The zero-order valence-corrected chi connectivity index (χ0v) is 11.4. The van der Waals surface area contributed by atoms with E-state index in [1.54, 1.807) is 37.7 Å². The second-order valence-corrected chi connectivity index (χ2v) is 5.56. The molecule has 0 bridgehead atoms. The predicted molar refractivity (Wildman–Crippen MR) is 72.0 cm³/mol. The molecule has 1 heterocycles. The second-order valence-electron chi connectivity index (χ2n) is 4.53. The van der Waals surface area contributed by atoms with Gasteiger partial charge in [-0.25, -0.2) is 4.39 Å². The van der Waals surface area contributed by atoms with Crippen molar-refractivity contribution in [2.45, 2.75) is 26.4 Å². The number of carbonyl (C=O) groups excluding carboxylic acids is 1. The van der Waals surface area contributed by atoms with Crippen LogP contribution in [0.2, 0.25) is 0 Å². The third-order valence-corrected chi connectivity index (χ3v) is 3.94. The van der Waals surface area contributed by atoms with Gasteiger partial charge in [0.05, 0.1) is 6.04 Å². The number of nitrogens with one attached hydrogen (secondary N) is 2. The molecule has 0 radical (unpaired) electrons. The van der Waals surface area contributed by atoms with Crippen LogP contribution in [0.5, 0.6) is 0 Å². The summed E-state index contributed by atoms with van der Waals surface area (Å²) in [6.07, 6.45) is 0. The Morgan fingerprint density at radius 2 is 2.17 bits per heavy atom. The van der Waals surface area contributed by atoms with E-state index in [1.807, 2.05) is 0 Å². The van der Waals surface area contributed by atoms with Gasteiger partial charge < -0.3 is 5.32 Å². The molecule has 2 rings (SSSR count). The molecule has 0 aliphatic carbocycles. The van der Waals surface area contributed by atoms with Crippen LogP contribution in [-0.4, -0.2) is 23.6 Å². The van der Waals surface area contributed by atoms with Crippen LogP contribution in [-0.2, 0) is 11.3 Å². The van der Waals surface area contributed by atoms with Gasteiger partial charge in [0.15, 0.2) is 0 Å². The molecule has 0 aromatic heterocycles. The average Bonchev–Trinajstić information content (AvgIpc) is 2.86. The SMILES string of the molecule is Cc1cc(CNC(=O)C2CSCN2)cc(C)c1F. The topological polar surface area (TPSA) is 41.1 Å². The molecule has 1 aliphatic rings. The van der Waals surface area contributed by atoms with Crippen molar-refractivity contribution in [2.75, 3.05) is 11.6 Å². The molecule has 1 atom stereocenters. The van der Waals surface area contributed by atoms with E-state index in [9.17, 15) is 9.18 Å². The standard InChI is InChI=1S/C13H17FN2OS/c1-8-3-10(4-9(2)12(8)14)5-15-13(17)11-6-18-7-16-11/h3-4,11,16H,5-7H2,1-2H3,(H,15,17). The Labute approximate surface area is 111 Å². The van der Waals surface area contributed by atoms with E-state index >= 15 is 0 Å². The molecule has 1 aromatic rings. The maximum absolute atomic E-state index is 13.5. The van der Waals surface area contributed by atoms with Gasteiger partial charge in [-0.2, -0.15) is 0 Å². The molecule has 3 nitrogen and oxygen atoms in total. The number of halogens is 1. The van der Waals surface area contributed by atoms with E-state index in [-0.39, 0.29) is 17.8 Å². The highest BCUT2D eigenvalue weighted by Gasteiger charge is 2.21. The smallest absolute Gasteiger partial charge is 0.238 e. The van der Waals surface area contributed by atoms with Crippen LogP contribution in [0.25, 0.3) is 0 Å². The lowest BCUT2D eigenvalue weighted by atomic mass is 10.1. The van der Waals surface area contributed by atoms with Gasteiger partial charge in [-0.05, 0) is 30.5 Å². The van der Waals surface area contributed by atoms with Gasteiger partial charge in [0.2, 0.25) is 5.91 Å². The Morgan fingerprint density at radius 1 is 1.50 bits per heavy atom. The molecule has 1 amide bonds. The molecule has 98 valence electrons. The number of rotatable bonds is 3. The van der Waals surface area contributed by atoms with E-state index in [1.165, 1.54) is 0 Å². The van der Waals surface area contributed by atoms with E-state index in [2.05, 4.69) is 10.6 Å². The number of thioether (sulfide) groups is 1. The van der Waals surface area contributed by atoms with Crippen molar-refractivity contribution in [1.82, 2.24) is 10.6 Å². The molecular formula is C13H17FN2OS. The first-order valence-corrected chi connectivity index (χ1v) is 7.08. The van der Waals surface area contributed by atoms with Gasteiger partial charge in [0.1, 0.15) is 5.82 Å². The molecule has 1 fully saturated rings. The van der Waals surface area contributed by atoms with E-state index in [0.717, 1.165) is 17.2 Å². The summed E-state index contributed by atoms with van der Waals surface area (Å²) in [7, 11) is 0. The van der Waals surface area contributed by atoms with Crippen molar-refractivity contribution in [1.29, 1.82) is 0 Å². The largest absolute Gasteiger partial charge is 0.351 e. The number of carbonyl (C=O) groups is 1. The zero-order valence-electron chi connectivity index (χ0n) is 10.5. The van der Waals surface area contributed by atoms with Gasteiger partial charge in [-0.3, -0.25) is 10.1 Å². The molecule has 1 aromatic carbocycles.